The number of hydrogen-bond acceptors (Lipinski definition) is 2. The van der Waals surface area contributed by atoms with Crippen LogP contribution in [0.4, 0.5) is 4.39 Å². The van der Waals surface area contributed by atoms with E-state index >= 15 is 0 Å². The Kier molecular flexibility index (Phi) is 4.40. The first-order valence-electron chi connectivity index (χ1n) is 4.80. The number of rotatable bonds is 5. The van der Waals surface area contributed by atoms with Crippen molar-refractivity contribution in [2.75, 3.05) is 13.2 Å². The maximum Gasteiger partial charge on any atom is 0.165 e. The van der Waals surface area contributed by atoms with E-state index in [9.17, 15) is 4.39 Å². The van der Waals surface area contributed by atoms with Gasteiger partial charge in [0.25, 0.3) is 0 Å². The molecule has 0 saturated carbocycles. The highest BCUT2D eigenvalue weighted by molar-refractivity contribution is 5.29. The van der Waals surface area contributed by atoms with Crippen molar-refractivity contribution < 1.29 is 14.2 Å². The lowest BCUT2D eigenvalue weighted by atomic mass is 10.1. The first kappa shape index (κ1) is 11.0. The minimum absolute atomic E-state index is 0.0363. The summed E-state index contributed by atoms with van der Waals surface area (Å²) < 4.78 is 18.5. The molecule has 1 aromatic rings. The molecule has 0 spiro atoms. The van der Waals surface area contributed by atoms with Gasteiger partial charge in [-0.05, 0) is 30.5 Å². The zero-order chi connectivity index (χ0) is 10.4. The Morgan fingerprint density at radius 2 is 2.21 bits per heavy atom. The summed E-state index contributed by atoms with van der Waals surface area (Å²) in [5.74, 6) is -0.0714. The Hall–Kier alpha value is -1.09. The Bertz CT molecular complexity index is 287. The lowest BCUT2D eigenvalue weighted by molar-refractivity contribution is 0.295. The minimum Gasteiger partial charge on any atom is -0.491 e. The second-order valence-electron chi connectivity index (χ2n) is 3.09. The van der Waals surface area contributed by atoms with Crippen LogP contribution in [0.1, 0.15) is 18.9 Å². The fourth-order valence-corrected chi connectivity index (χ4v) is 1.16. The lowest BCUT2D eigenvalue weighted by Gasteiger charge is -2.06. The number of ether oxygens (including phenoxy) is 1. The largest absolute Gasteiger partial charge is 0.491 e. The van der Waals surface area contributed by atoms with Crippen LogP contribution in [-0.2, 0) is 6.42 Å². The number of halogens is 1. The van der Waals surface area contributed by atoms with E-state index in [0.717, 1.165) is 12.0 Å². The molecule has 14 heavy (non-hydrogen) atoms. The molecule has 0 aliphatic rings. The average Bonchev–Trinajstić information content (AvgIpc) is 2.17. The fraction of sp³-hybridized carbons (Fsp3) is 0.455. The van der Waals surface area contributed by atoms with Crippen LogP contribution in [0.15, 0.2) is 18.2 Å². The van der Waals surface area contributed by atoms with Crippen molar-refractivity contribution in [3.63, 3.8) is 0 Å². The molecule has 0 fully saturated rings. The molecule has 0 amide bonds. The van der Waals surface area contributed by atoms with Crippen LogP contribution in [0.3, 0.4) is 0 Å². The van der Waals surface area contributed by atoms with Crippen LogP contribution in [0.5, 0.6) is 5.75 Å². The quantitative estimate of drug-likeness (QED) is 0.785. The molecular weight excluding hydrogens is 183 g/mol. The van der Waals surface area contributed by atoms with Gasteiger partial charge in [0.2, 0.25) is 0 Å². The van der Waals surface area contributed by atoms with Crippen molar-refractivity contribution in [3.8, 4) is 5.75 Å². The fourth-order valence-electron chi connectivity index (χ4n) is 1.16. The molecular formula is C11H15FO2. The monoisotopic (exact) mass is 198 g/mol. The summed E-state index contributed by atoms with van der Waals surface area (Å²) >= 11 is 0. The molecule has 0 aliphatic heterocycles. The second-order valence-corrected chi connectivity index (χ2v) is 3.09. The smallest absolute Gasteiger partial charge is 0.165 e. The Balaban J connectivity index is 2.68. The molecule has 2 nitrogen and oxygen atoms in total. The van der Waals surface area contributed by atoms with Gasteiger partial charge in [-0.3, -0.25) is 0 Å². The third-order valence-electron chi connectivity index (χ3n) is 1.86. The Morgan fingerprint density at radius 1 is 1.43 bits per heavy atom. The average molecular weight is 198 g/mol. The van der Waals surface area contributed by atoms with Crippen LogP contribution in [0.2, 0.25) is 0 Å². The third-order valence-corrected chi connectivity index (χ3v) is 1.86. The van der Waals surface area contributed by atoms with Crippen LogP contribution in [0, 0.1) is 5.82 Å². The van der Waals surface area contributed by atoms with Gasteiger partial charge in [-0.25, -0.2) is 4.39 Å². The van der Waals surface area contributed by atoms with Crippen molar-refractivity contribution >= 4 is 0 Å². The number of aliphatic hydroxyl groups is 1. The van der Waals surface area contributed by atoms with Crippen LogP contribution >= 0.6 is 0 Å². The van der Waals surface area contributed by atoms with Crippen LogP contribution in [0.25, 0.3) is 0 Å². The number of aliphatic hydroxyl groups excluding tert-OH is 1. The Labute approximate surface area is 83.3 Å². The van der Waals surface area contributed by atoms with Crippen molar-refractivity contribution in [3.05, 3.63) is 29.6 Å². The molecule has 0 heterocycles. The predicted octanol–water partition coefficient (Wildman–Crippen LogP) is 2.15. The van der Waals surface area contributed by atoms with Gasteiger partial charge in [-0.2, -0.15) is 0 Å². The van der Waals surface area contributed by atoms with Gasteiger partial charge in [-0.15, -0.1) is 0 Å². The first-order valence-corrected chi connectivity index (χ1v) is 4.80. The number of hydrogen-bond donors (Lipinski definition) is 1. The summed E-state index contributed by atoms with van der Waals surface area (Å²) in [6, 6.07) is 4.78. The standard InChI is InChI=1S/C11H15FO2/c1-2-7-14-11-4-3-9(5-6-13)8-10(11)12/h3-4,8,13H,2,5-7H2,1H3. The normalized spacial score (nSPS) is 10.2. The summed E-state index contributed by atoms with van der Waals surface area (Å²) in [6.07, 6.45) is 1.34. The van der Waals surface area contributed by atoms with E-state index in [1.807, 2.05) is 6.92 Å². The highest BCUT2D eigenvalue weighted by Gasteiger charge is 2.03. The maximum atomic E-state index is 13.3. The molecule has 0 radical (unpaired) electrons. The molecule has 0 aromatic heterocycles. The van der Waals surface area contributed by atoms with E-state index < -0.39 is 0 Å². The van der Waals surface area contributed by atoms with E-state index in [2.05, 4.69) is 0 Å². The molecule has 1 rings (SSSR count). The molecule has 78 valence electrons. The topological polar surface area (TPSA) is 29.5 Å². The van der Waals surface area contributed by atoms with Gasteiger partial charge in [-0.1, -0.05) is 13.0 Å². The molecule has 1 aromatic carbocycles. The summed E-state index contributed by atoms with van der Waals surface area (Å²) in [6.45, 7) is 2.53. The molecule has 0 atom stereocenters. The zero-order valence-electron chi connectivity index (χ0n) is 8.29. The van der Waals surface area contributed by atoms with E-state index in [4.69, 9.17) is 9.84 Å². The van der Waals surface area contributed by atoms with Gasteiger partial charge in [0, 0.05) is 6.61 Å². The van der Waals surface area contributed by atoms with Crippen molar-refractivity contribution in [1.82, 2.24) is 0 Å². The molecule has 0 saturated heterocycles. The van der Waals surface area contributed by atoms with Crippen molar-refractivity contribution in [1.29, 1.82) is 0 Å². The predicted molar refractivity (Wildman–Crippen MR) is 53.0 cm³/mol. The maximum absolute atomic E-state index is 13.3. The van der Waals surface area contributed by atoms with E-state index in [-0.39, 0.29) is 18.2 Å². The minimum atomic E-state index is -0.357. The van der Waals surface area contributed by atoms with Crippen LogP contribution in [-0.4, -0.2) is 18.3 Å². The summed E-state index contributed by atoms with van der Waals surface area (Å²) in [5.41, 5.74) is 0.786. The number of benzene rings is 1. The van der Waals surface area contributed by atoms with Crippen molar-refractivity contribution in [2.45, 2.75) is 19.8 Å². The highest BCUT2D eigenvalue weighted by Crippen LogP contribution is 2.18. The summed E-state index contributed by atoms with van der Waals surface area (Å²) in [4.78, 5) is 0. The van der Waals surface area contributed by atoms with E-state index in [0.29, 0.717) is 13.0 Å². The van der Waals surface area contributed by atoms with Gasteiger partial charge in [0.1, 0.15) is 0 Å². The molecule has 0 bridgehead atoms. The molecule has 0 aliphatic carbocycles. The summed E-state index contributed by atoms with van der Waals surface area (Å²) in [5, 5.41) is 8.67. The van der Waals surface area contributed by atoms with Gasteiger partial charge in [0.05, 0.1) is 6.61 Å². The highest BCUT2D eigenvalue weighted by atomic mass is 19.1. The van der Waals surface area contributed by atoms with Gasteiger partial charge >= 0.3 is 0 Å². The van der Waals surface area contributed by atoms with Gasteiger partial charge < -0.3 is 9.84 Å². The van der Waals surface area contributed by atoms with Crippen LogP contribution < -0.4 is 4.74 Å². The SMILES string of the molecule is CCCOc1ccc(CCO)cc1F. The molecule has 1 N–H and O–H groups in total. The van der Waals surface area contributed by atoms with Gasteiger partial charge in [0.15, 0.2) is 11.6 Å². The van der Waals surface area contributed by atoms with E-state index in [1.165, 1.54) is 6.07 Å². The molecule has 3 heteroatoms. The third kappa shape index (κ3) is 3.00. The molecule has 0 unspecified atom stereocenters. The second kappa shape index (κ2) is 5.60. The lowest BCUT2D eigenvalue weighted by Crippen LogP contribution is -1.99. The van der Waals surface area contributed by atoms with Crippen molar-refractivity contribution in [2.24, 2.45) is 0 Å². The zero-order valence-corrected chi connectivity index (χ0v) is 8.29. The Morgan fingerprint density at radius 3 is 2.79 bits per heavy atom. The van der Waals surface area contributed by atoms with E-state index in [1.54, 1.807) is 12.1 Å². The summed E-state index contributed by atoms with van der Waals surface area (Å²) in [7, 11) is 0. The first-order chi connectivity index (χ1) is 6.77.